The summed E-state index contributed by atoms with van der Waals surface area (Å²) >= 11 is 9.74. The number of benzene rings is 3. The first-order valence-electron chi connectivity index (χ1n) is 10.8. The molecule has 0 bridgehead atoms. The Morgan fingerprint density at radius 2 is 1.81 bits per heavy atom. The summed E-state index contributed by atoms with van der Waals surface area (Å²) in [6, 6.07) is 19.2. The van der Waals surface area contributed by atoms with Crippen LogP contribution in [0.4, 0.5) is 4.39 Å². The fourth-order valence-electron chi connectivity index (χ4n) is 3.34. The predicted octanol–water partition coefficient (Wildman–Crippen LogP) is 7.33. The molecule has 0 spiro atoms. The van der Waals surface area contributed by atoms with E-state index in [0.29, 0.717) is 34.7 Å². The van der Waals surface area contributed by atoms with Crippen molar-refractivity contribution in [2.24, 2.45) is 0 Å². The van der Waals surface area contributed by atoms with Crippen LogP contribution in [-0.2, 0) is 19.6 Å². The molecule has 0 amide bonds. The number of nitrogens with one attached hydrogen (secondary N) is 1. The van der Waals surface area contributed by atoms with Gasteiger partial charge in [-0.2, -0.15) is 0 Å². The van der Waals surface area contributed by atoms with Crippen LogP contribution in [0.3, 0.4) is 0 Å². The highest BCUT2D eigenvalue weighted by atomic mass is 79.9. The first-order chi connectivity index (χ1) is 15.5. The lowest BCUT2D eigenvalue weighted by Gasteiger charge is -2.18. The second kappa shape index (κ2) is 12.2. The molecule has 32 heavy (non-hydrogen) atoms. The molecular weight excluding hydrogens is 493 g/mol. The first-order valence-corrected chi connectivity index (χ1v) is 11.9. The zero-order valence-corrected chi connectivity index (χ0v) is 20.7. The van der Waals surface area contributed by atoms with Crippen LogP contribution in [-0.4, -0.2) is 12.6 Å². The highest BCUT2D eigenvalue weighted by molar-refractivity contribution is 9.10. The molecular formula is C26H28BrClFNO2. The smallest absolute Gasteiger partial charge is 0.175 e. The summed E-state index contributed by atoms with van der Waals surface area (Å²) in [7, 11) is 0. The molecule has 3 aromatic rings. The average Bonchev–Trinajstić information content (AvgIpc) is 2.78. The zero-order chi connectivity index (χ0) is 22.9. The number of rotatable bonds is 11. The standard InChI is InChI=1S/C26H28BrClFNO2/c1-3-31-25-14-20(16-30-18(2)9-10-19-7-5-4-6-8-19)13-23(27)26(25)32-17-21-11-12-22(29)15-24(21)28/h4-8,11-15,18,30H,3,9-10,16-17H2,1-2H3/t18-/m1/s1. The molecule has 3 aromatic carbocycles. The molecule has 1 N–H and O–H groups in total. The van der Waals surface area contributed by atoms with Crippen molar-refractivity contribution in [2.75, 3.05) is 6.61 Å². The zero-order valence-electron chi connectivity index (χ0n) is 18.3. The average molecular weight is 521 g/mol. The number of hydrogen-bond donors (Lipinski definition) is 1. The van der Waals surface area contributed by atoms with Gasteiger partial charge in [0, 0.05) is 18.2 Å². The molecule has 0 saturated carbocycles. The van der Waals surface area contributed by atoms with E-state index in [0.717, 1.165) is 29.4 Å². The topological polar surface area (TPSA) is 30.5 Å². The van der Waals surface area contributed by atoms with Gasteiger partial charge in [0.05, 0.1) is 16.1 Å². The predicted molar refractivity (Wildman–Crippen MR) is 132 cm³/mol. The van der Waals surface area contributed by atoms with Crippen LogP contribution in [0.2, 0.25) is 5.02 Å². The largest absolute Gasteiger partial charge is 0.490 e. The summed E-state index contributed by atoms with van der Waals surface area (Å²) in [5.74, 6) is 0.895. The maximum absolute atomic E-state index is 13.3. The van der Waals surface area contributed by atoms with Crippen molar-refractivity contribution in [1.82, 2.24) is 5.32 Å². The van der Waals surface area contributed by atoms with Gasteiger partial charge in [-0.3, -0.25) is 0 Å². The molecule has 0 aliphatic rings. The van der Waals surface area contributed by atoms with Gasteiger partial charge in [0.25, 0.3) is 0 Å². The van der Waals surface area contributed by atoms with E-state index in [1.54, 1.807) is 6.07 Å². The third kappa shape index (κ3) is 7.22. The molecule has 170 valence electrons. The minimum atomic E-state index is -0.371. The normalized spacial score (nSPS) is 11.9. The van der Waals surface area contributed by atoms with Gasteiger partial charge in [-0.15, -0.1) is 0 Å². The van der Waals surface area contributed by atoms with E-state index in [1.165, 1.54) is 17.7 Å². The van der Waals surface area contributed by atoms with Crippen molar-refractivity contribution in [1.29, 1.82) is 0 Å². The molecule has 0 fully saturated rings. The minimum Gasteiger partial charge on any atom is -0.490 e. The SMILES string of the molecule is CCOc1cc(CN[C@H](C)CCc2ccccc2)cc(Br)c1OCc1ccc(F)cc1Cl. The molecule has 0 radical (unpaired) electrons. The van der Waals surface area contributed by atoms with Gasteiger partial charge in [0.1, 0.15) is 12.4 Å². The second-order valence-electron chi connectivity index (χ2n) is 7.67. The summed E-state index contributed by atoms with van der Waals surface area (Å²) in [4.78, 5) is 0. The molecule has 3 nitrogen and oxygen atoms in total. The summed E-state index contributed by atoms with van der Waals surface area (Å²) in [6.45, 7) is 5.59. The number of halogens is 3. The fourth-order valence-corrected chi connectivity index (χ4v) is 4.16. The summed E-state index contributed by atoms with van der Waals surface area (Å²) in [6.07, 6.45) is 2.10. The van der Waals surface area contributed by atoms with Gasteiger partial charge in [-0.1, -0.05) is 48.0 Å². The highest BCUT2D eigenvalue weighted by Crippen LogP contribution is 2.38. The lowest BCUT2D eigenvalue weighted by atomic mass is 10.1. The van der Waals surface area contributed by atoms with Crippen molar-refractivity contribution < 1.29 is 13.9 Å². The second-order valence-corrected chi connectivity index (χ2v) is 8.93. The molecule has 0 saturated heterocycles. The molecule has 6 heteroatoms. The Morgan fingerprint density at radius 1 is 1.03 bits per heavy atom. The van der Waals surface area contributed by atoms with E-state index in [-0.39, 0.29) is 12.4 Å². The monoisotopic (exact) mass is 519 g/mol. The molecule has 3 rings (SSSR count). The van der Waals surface area contributed by atoms with Gasteiger partial charge >= 0.3 is 0 Å². The Kier molecular flexibility index (Phi) is 9.39. The van der Waals surface area contributed by atoms with Gasteiger partial charge in [-0.25, -0.2) is 4.39 Å². The third-order valence-corrected chi connectivity index (χ3v) is 6.06. The quantitative estimate of drug-likeness (QED) is 0.287. The van der Waals surface area contributed by atoms with Crippen molar-refractivity contribution in [3.63, 3.8) is 0 Å². The van der Waals surface area contributed by atoms with Crippen molar-refractivity contribution >= 4 is 27.5 Å². The van der Waals surface area contributed by atoms with Gasteiger partial charge in [0.15, 0.2) is 11.5 Å². The van der Waals surface area contributed by atoms with Crippen molar-refractivity contribution in [3.05, 3.63) is 92.7 Å². The molecule has 0 unspecified atom stereocenters. The Hall–Kier alpha value is -2.08. The lowest BCUT2D eigenvalue weighted by Crippen LogP contribution is -2.26. The minimum absolute atomic E-state index is 0.214. The van der Waals surface area contributed by atoms with E-state index in [2.05, 4.69) is 52.4 Å². The molecule has 1 atom stereocenters. The van der Waals surface area contributed by atoms with Gasteiger partial charge in [-0.05, 0) is 78.0 Å². The number of aryl methyl sites for hydroxylation is 1. The van der Waals surface area contributed by atoms with Crippen LogP contribution >= 0.6 is 27.5 Å². The van der Waals surface area contributed by atoms with E-state index >= 15 is 0 Å². The Labute approximate surface area is 203 Å². The first kappa shape index (κ1) is 24.6. The summed E-state index contributed by atoms with van der Waals surface area (Å²) in [5.41, 5.74) is 3.16. The van der Waals surface area contributed by atoms with Crippen molar-refractivity contribution in [2.45, 2.75) is 45.9 Å². The summed E-state index contributed by atoms with van der Waals surface area (Å²) in [5, 5.41) is 3.92. The van der Waals surface area contributed by atoms with Crippen LogP contribution in [0.1, 0.15) is 37.0 Å². The fraction of sp³-hybridized carbons (Fsp3) is 0.308. The lowest BCUT2D eigenvalue weighted by molar-refractivity contribution is 0.267. The van der Waals surface area contributed by atoms with E-state index < -0.39 is 0 Å². The summed E-state index contributed by atoms with van der Waals surface area (Å²) < 4.78 is 25.9. The van der Waals surface area contributed by atoms with Crippen molar-refractivity contribution in [3.8, 4) is 11.5 Å². The van der Waals surface area contributed by atoms with Crippen LogP contribution in [0.25, 0.3) is 0 Å². The van der Waals surface area contributed by atoms with E-state index in [9.17, 15) is 4.39 Å². The molecule has 0 aliphatic heterocycles. The van der Waals surface area contributed by atoms with Crippen LogP contribution in [0, 0.1) is 5.82 Å². The van der Waals surface area contributed by atoms with Crippen LogP contribution < -0.4 is 14.8 Å². The Morgan fingerprint density at radius 3 is 2.53 bits per heavy atom. The van der Waals surface area contributed by atoms with Gasteiger partial charge < -0.3 is 14.8 Å². The van der Waals surface area contributed by atoms with Crippen LogP contribution in [0.5, 0.6) is 11.5 Å². The molecule has 0 heterocycles. The molecule has 0 aromatic heterocycles. The Bertz CT molecular complexity index is 1020. The molecule has 0 aliphatic carbocycles. The van der Waals surface area contributed by atoms with E-state index in [1.807, 2.05) is 25.1 Å². The van der Waals surface area contributed by atoms with Gasteiger partial charge in [0.2, 0.25) is 0 Å². The maximum atomic E-state index is 13.3. The third-order valence-electron chi connectivity index (χ3n) is 5.12. The number of ether oxygens (including phenoxy) is 2. The highest BCUT2D eigenvalue weighted by Gasteiger charge is 2.14. The Balaban J connectivity index is 1.62. The van der Waals surface area contributed by atoms with E-state index in [4.69, 9.17) is 21.1 Å². The van der Waals surface area contributed by atoms with Crippen LogP contribution in [0.15, 0.2) is 65.1 Å². The number of hydrogen-bond acceptors (Lipinski definition) is 3. The maximum Gasteiger partial charge on any atom is 0.175 e.